The fourth-order valence-corrected chi connectivity index (χ4v) is 3.14. The molecule has 0 saturated heterocycles. The monoisotopic (exact) mass is 270 g/mol. The molecule has 2 atom stereocenters. The molecule has 1 heterocycles. The molecule has 1 aromatic heterocycles. The van der Waals surface area contributed by atoms with Gasteiger partial charge < -0.3 is 0 Å². The fraction of sp³-hybridized carbons (Fsp3) is 0.692. The van der Waals surface area contributed by atoms with Gasteiger partial charge in [-0.1, -0.05) is 38.3 Å². The summed E-state index contributed by atoms with van der Waals surface area (Å²) in [6.07, 6.45) is 4.76. The van der Waals surface area contributed by atoms with Gasteiger partial charge in [0.1, 0.15) is 5.15 Å². The van der Waals surface area contributed by atoms with Crippen molar-refractivity contribution in [2.24, 2.45) is 5.92 Å². The van der Waals surface area contributed by atoms with Gasteiger partial charge in [0.2, 0.25) is 0 Å². The van der Waals surface area contributed by atoms with Crippen molar-refractivity contribution < 1.29 is 0 Å². The van der Waals surface area contributed by atoms with E-state index < -0.39 is 0 Å². The van der Waals surface area contributed by atoms with Crippen LogP contribution < -0.4 is 11.2 Å². The van der Waals surface area contributed by atoms with E-state index in [1.54, 1.807) is 0 Å². The molecular formula is C13H19ClN2O2. The lowest BCUT2D eigenvalue weighted by Gasteiger charge is -2.29. The molecule has 0 bridgehead atoms. The van der Waals surface area contributed by atoms with Gasteiger partial charge in [0, 0.05) is 6.04 Å². The summed E-state index contributed by atoms with van der Waals surface area (Å²) >= 11 is 5.91. The van der Waals surface area contributed by atoms with E-state index in [0.29, 0.717) is 17.9 Å². The standard InChI is InChI=1S/C13H19ClN2O2/c1-3-9-11(14)15-13(18)16(12(9)17)10-7-5-4-6-8(10)2/h8,10H,3-7H2,1-2H3,(H,15,18). The number of aromatic nitrogens is 2. The molecule has 0 amide bonds. The molecule has 0 radical (unpaired) electrons. The van der Waals surface area contributed by atoms with Gasteiger partial charge in [-0.15, -0.1) is 0 Å². The largest absolute Gasteiger partial charge is 0.329 e. The molecule has 1 aliphatic carbocycles. The van der Waals surface area contributed by atoms with Crippen molar-refractivity contribution in [3.63, 3.8) is 0 Å². The number of nitrogens with one attached hydrogen (secondary N) is 1. The maximum absolute atomic E-state index is 12.3. The number of hydrogen-bond acceptors (Lipinski definition) is 2. The fourth-order valence-electron chi connectivity index (χ4n) is 2.85. The Labute approximate surface area is 111 Å². The second kappa shape index (κ2) is 5.31. The van der Waals surface area contributed by atoms with Crippen molar-refractivity contribution in [1.29, 1.82) is 0 Å². The molecule has 100 valence electrons. The lowest BCUT2D eigenvalue weighted by atomic mass is 9.85. The van der Waals surface area contributed by atoms with E-state index >= 15 is 0 Å². The molecule has 2 unspecified atom stereocenters. The molecule has 18 heavy (non-hydrogen) atoms. The van der Waals surface area contributed by atoms with E-state index in [-0.39, 0.29) is 22.4 Å². The third kappa shape index (κ3) is 2.26. The lowest BCUT2D eigenvalue weighted by molar-refractivity contribution is 0.245. The Hall–Kier alpha value is -1.03. The summed E-state index contributed by atoms with van der Waals surface area (Å²) in [4.78, 5) is 26.9. The molecule has 0 spiro atoms. The van der Waals surface area contributed by atoms with Gasteiger partial charge in [0.05, 0.1) is 5.56 Å². The van der Waals surface area contributed by atoms with Crippen LogP contribution in [0.3, 0.4) is 0 Å². The van der Waals surface area contributed by atoms with E-state index in [0.717, 1.165) is 19.3 Å². The van der Waals surface area contributed by atoms with Crippen molar-refractivity contribution in [1.82, 2.24) is 9.55 Å². The molecule has 1 saturated carbocycles. The van der Waals surface area contributed by atoms with Crippen molar-refractivity contribution in [2.75, 3.05) is 0 Å². The van der Waals surface area contributed by atoms with Crippen LogP contribution in [0, 0.1) is 5.92 Å². The maximum atomic E-state index is 12.3. The Morgan fingerprint density at radius 2 is 2.00 bits per heavy atom. The van der Waals surface area contributed by atoms with Crippen LogP contribution in [0.15, 0.2) is 9.59 Å². The first kappa shape index (κ1) is 13.4. The third-order valence-corrected chi connectivity index (χ3v) is 4.25. The van der Waals surface area contributed by atoms with E-state index in [1.165, 1.54) is 11.0 Å². The van der Waals surface area contributed by atoms with Crippen LogP contribution >= 0.6 is 11.6 Å². The average molecular weight is 271 g/mol. The molecule has 1 aliphatic rings. The molecule has 1 aromatic rings. The summed E-state index contributed by atoms with van der Waals surface area (Å²) in [5, 5.41) is 0.187. The normalized spacial score (nSPS) is 24.2. The highest BCUT2D eigenvalue weighted by Crippen LogP contribution is 2.31. The van der Waals surface area contributed by atoms with Crippen molar-refractivity contribution in [3.05, 3.63) is 31.6 Å². The van der Waals surface area contributed by atoms with Crippen molar-refractivity contribution in [3.8, 4) is 0 Å². The molecule has 5 heteroatoms. The van der Waals surface area contributed by atoms with Crippen molar-refractivity contribution >= 4 is 11.6 Å². The minimum atomic E-state index is -0.374. The summed E-state index contributed by atoms with van der Waals surface area (Å²) in [6.45, 7) is 3.98. The topological polar surface area (TPSA) is 54.9 Å². The van der Waals surface area contributed by atoms with Gasteiger partial charge in [-0.3, -0.25) is 14.3 Å². The zero-order valence-corrected chi connectivity index (χ0v) is 11.6. The summed E-state index contributed by atoms with van der Waals surface area (Å²) in [5.74, 6) is 0.364. The summed E-state index contributed by atoms with van der Waals surface area (Å²) < 4.78 is 1.38. The Balaban J connectivity index is 2.57. The van der Waals surface area contributed by atoms with Crippen LogP contribution in [0.1, 0.15) is 51.1 Å². The minimum Gasteiger partial charge on any atom is -0.297 e. The highest BCUT2D eigenvalue weighted by molar-refractivity contribution is 6.30. The van der Waals surface area contributed by atoms with E-state index in [2.05, 4.69) is 11.9 Å². The number of H-pyrrole nitrogens is 1. The van der Waals surface area contributed by atoms with Gasteiger partial charge >= 0.3 is 5.69 Å². The lowest BCUT2D eigenvalue weighted by Crippen LogP contribution is -2.42. The number of hydrogen-bond donors (Lipinski definition) is 1. The first-order valence-electron chi connectivity index (χ1n) is 6.59. The molecule has 0 aliphatic heterocycles. The Morgan fingerprint density at radius 1 is 1.33 bits per heavy atom. The first-order chi connectivity index (χ1) is 8.56. The quantitative estimate of drug-likeness (QED) is 0.840. The van der Waals surface area contributed by atoms with E-state index in [4.69, 9.17) is 11.6 Å². The molecule has 4 nitrogen and oxygen atoms in total. The van der Waals surface area contributed by atoms with Gasteiger partial charge in [-0.05, 0) is 25.2 Å². The van der Waals surface area contributed by atoms with Gasteiger partial charge in [-0.25, -0.2) is 4.79 Å². The molecule has 1 fully saturated rings. The van der Waals surface area contributed by atoms with Gasteiger partial charge in [0.15, 0.2) is 0 Å². The summed E-state index contributed by atoms with van der Waals surface area (Å²) in [6, 6.07) is 0.0116. The van der Waals surface area contributed by atoms with Crippen molar-refractivity contribution in [2.45, 2.75) is 52.0 Å². The Kier molecular flexibility index (Phi) is 3.95. The molecule has 1 N–H and O–H groups in total. The van der Waals surface area contributed by atoms with Crippen LogP contribution in [-0.4, -0.2) is 9.55 Å². The predicted molar refractivity (Wildman–Crippen MR) is 72.4 cm³/mol. The summed E-state index contributed by atoms with van der Waals surface area (Å²) in [5.41, 5.74) is -0.0833. The number of rotatable bonds is 2. The van der Waals surface area contributed by atoms with Crippen LogP contribution in [0.4, 0.5) is 0 Å². The third-order valence-electron chi connectivity index (χ3n) is 3.93. The second-order valence-electron chi connectivity index (χ2n) is 5.08. The predicted octanol–water partition coefficient (Wildman–Crippen LogP) is 2.50. The van der Waals surface area contributed by atoms with Crippen LogP contribution in [0.2, 0.25) is 5.15 Å². The SMILES string of the molecule is CCc1c(Cl)[nH]c(=O)n(C2CCCCC2C)c1=O. The first-order valence-corrected chi connectivity index (χ1v) is 6.97. The number of aromatic amines is 1. The zero-order chi connectivity index (χ0) is 13.3. The Bertz CT molecular complexity index is 547. The van der Waals surface area contributed by atoms with Crippen LogP contribution in [0.25, 0.3) is 0 Å². The number of nitrogens with zero attached hydrogens (tertiary/aromatic N) is 1. The Morgan fingerprint density at radius 3 is 2.61 bits per heavy atom. The highest BCUT2D eigenvalue weighted by Gasteiger charge is 2.26. The highest BCUT2D eigenvalue weighted by atomic mass is 35.5. The molecule has 2 rings (SSSR count). The average Bonchev–Trinajstić information content (AvgIpc) is 2.31. The maximum Gasteiger partial charge on any atom is 0.329 e. The number of halogens is 1. The van der Waals surface area contributed by atoms with Crippen LogP contribution in [-0.2, 0) is 6.42 Å². The molecular weight excluding hydrogens is 252 g/mol. The molecule has 0 aromatic carbocycles. The van der Waals surface area contributed by atoms with Gasteiger partial charge in [0.25, 0.3) is 5.56 Å². The second-order valence-corrected chi connectivity index (χ2v) is 5.46. The van der Waals surface area contributed by atoms with Crippen LogP contribution in [0.5, 0.6) is 0 Å². The smallest absolute Gasteiger partial charge is 0.297 e. The zero-order valence-electron chi connectivity index (χ0n) is 10.8. The van der Waals surface area contributed by atoms with E-state index in [9.17, 15) is 9.59 Å². The van der Waals surface area contributed by atoms with Gasteiger partial charge in [-0.2, -0.15) is 0 Å². The minimum absolute atomic E-state index is 0.0116. The van der Waals surface area contributed by atoms with E-state index in [1.807, 2.05) is 6.92 Å². The summed E-state index contributed by atoms with van der Waals surface area (Å²) in [7, 11) is 0.